The minimum absolute atomic E-state index is 0.141. The van der Waals surface area contributed by atoms with Crippen molar-refractivity contribution in [2.45, 2.75) is 25.1 Å². The van der Waals surface area contributed by atoms with Gasteiger partial charge >= 0.3 is 6.61 Å². The molecule has 0 bridgehead atoms. The predicted molar refractivity (Wildman–Crippen MR) is 118 cm³/mol. The summed E-state index contributed by atoms with van der Waals surface area (Å²) in [7, 11) is 7.70. The van der Waals surface area contributed by atoms with E-state index in [1.165, 1.54) is 0 Å². The molecule has 1 saturated heterocycles. The van der Waals surface area contributed by atoms with Gasteiger partial charge in [-0.1, -0.05) is 12.1 Å². The minimum atomic E-state index is -2.84. The second-order valence-electron chi connectivity index (χ2n) is 7.80. The number of rotatable bonds is 8. The van der Waals surface area contributed by atoms with Crippen molar-refractivity contribution in [2.75, 3.05) is 45.7 Å². The summed E-state index contributed by atoms with van der Waals surface area (Å²) in [6.07, 6.45) is 4.75. The number of aliphatic imine (C=N–C) groups is 1. The summed E-state index contributed by atoms with van der Waals surface area (Å²) < 4.78 is 31.9. The van der Waals surface area contributed by atoms with Gasteiger partial charge in [0, 0.05) is 51.5 Å². The number of nitrogens with one attached hydrogen (secondary N) is 2. The van der Waals surface area contributed by atoms with Crippen molar-refractivity contribution in [2.24, 2.45) is 12.0 Å². The number of halogens is 2. The molecular weight excluding hydrogens is 404 g/mol. The first-order valence-corrected chi connectivity index (χ1v) is 10.3. The zero-order chi connectivity index (χ0) is 22.4. The van der Waals surface area contributed by atoms with E-state index in [9.17, 15) is 8.78 Å². The molecule has 0 saturated carbocycles. The van der Waals surface area contributed by atoms with E-state index in [-0.39, 0.29) is 17.8 Å². The molecule has 0 amide bonds. The standard InChI is InChI=1S/C21H31F2N7O/c1-24-21(25-12-18(28(2)3)15-11-26-29(4)13-15)27-16-9-10-30(14-16)17-7-5-6-8-19(17)31-20(22)23/h5-8,11,13,16,18,20H,9-10,12,14H2,1-4H3,(H2,24,25,27). The molecule has 2 N–H and O–H groups in total. The van der Waals surface area contributed by atoms with E-state index in [0.717, 1.165) is 18.5 Å². The quantitative estimate of drug-likeness (QED) is 0.489. The van der Waals surface area contributed by atoms with Crippen LogP contribution in [0, 0.1) is 0 Å². The summed E-state index contributed by atoms with van der Waals surface area (Å²) in [5.41, 5.74) is 1.80. The molecule has 3 rings (SSSR count). The maximum atomic E-state index is 12.7. The number of likely N-dealkylation sites (N-methyl/N-ethyl adjacent to an activating group) is 1. The lowest BCUT2D eigenvalue weighted by molar-refractivity contribution is -0.0495. The van der Waals surface area contributed by atoms with Gasteiger partial charge in [0.1, 0.15) is 5.75 Å². The summed E-state index contributed by atoms with van der Waals surface area (Å²) in [5, 5.41) is 11.1. The van der Waals surface area contributed by atoms with Crippen LogP contribution in [0.5, 0.6) is 5.75 Å². The second-order valence-corrected chi connectivity index (χ2v) is 7.80. The zero-order valence-electron chi connectivity index (χ0n) is 18.4. The second kappa shape index (κ2) is 10.4. The molecule has 10 heteroatoms. The fourth-order valence-electron chi connectivity index (χ4n) is 3.80. The number of benzene rings is 1. The number of nitrogens with zero attached hydrogens (tertiary/aromatic N) is 5. The number of para-hydroxylation sites is 2. The maximum Gasteiger partial charge on any atom is 0.387 e. The molecule has 0 aliphatic carbocycles. The summed E-state index contributed by atoms with van der Waals surface area (Å²) in [6, 6.07) is 7.19. The molecule has 2 aromatic rings. The fraction of sp³-hybridized carbons (Fsp3) is 0.524. The van der Waals surface area contributed by atoms with Crippen LogP contribution in [0.1, 0.15) is 18.0 Å². The minimum Gasteiger partial charge on any atom is -0.433 e. The number of hydrogen-bond donors (Lipinski definition) is 2. The van der Waals surface area contributed by atoms with Crippen molar-refractivity contribution < 1.29 is 13.5 Å². The normalized spacial score (nSPS) is 18.0. The van der Waals surface area contributed by atoms with Gasteiger partial charge in [0.2, 0.25) is 0 Å². The van der Waals surface area contributed by atoms with Gasteiger partial charge in [-0.05, 0) is 32.6 Å². The smallest absolute Gasteiger partial charge is 0.387 e. The molecule has 1 fully saturated rings. The van der Waals surface area contributed by atoms with E-state index in [4.69, 9.17) is 0 Å². The number of anilines is 1. The third-order valence-electron chi connectivity index (χ3n) is 5.37. The number of hydrogen-bond acceptors (Lipinski definition) is 5. The molecule has 2 atom stereocenters. The van der Waals surface area contributed by atoms with E-state index in [0.29, 0.717) is 24.7 Å². The van der Waals surface area contributed by atoms with Gasteiger partial charge in [0.15, 0.2) is 5.96 Å². The van der Waals surface area contributed by atoms with Crippen molar-refractivity contribution in [1.29, 1.82) is 0 Å². The third kappa shape index (κ3) is 6.06. The number of ether oxygens (including phenoxy) is 1. The van der Waals surface area contributed by atoms with Gasteiger partial charge < -0.3 is 25.2 Å². The molecule has 1 aromatic carbocycles. The van der Waals surface area contributed by atoms with Crippen LogP contribution < -0.4 is 20.3 Å². The lowest BCUT2D eigenvalue weighted by Crippen LogP contribution is -2.46. The van der Waals surface area contributed by atoms with Crippen LogP contribution in [-0.2, 0) is 7.05 Å². The molecule has 1 aromatic heterocycles. The molecule has 2 unspecified atom stereocenters. The van der Waals surface area contributed by atoms with Gasteiger partial charge in [0.05, 0.1) is 17.9 Å². The maximum absolute atomic E-state index is 12.7. The summed E-state index contributed by atoms with van der Waals surface area (Å²) in [5.74, 6) is 0.908. The van der Waals surface area contributed by atoms with Crippen LogP contribution in [0.25, 0.3) is 0 Å². The molecular formula is C21H31F2N7O. The highest BCUT2D eigenvalue weighted by Gasteiger charge is 2.26. The van der Waals surface area contributed by atoms with Crippen LogP contribution in [0.3, 0.4) is 0 Å². The molecule has 2 heterocycles. The molecule has 0 spiro atoms. The van der Waals surface area contributed by atoms with Crippen molar-refractivity contribution in [1.82, 2.24) is 25.3 Å². The first kappa shape index (κ1) is 22.8. The lowest BCUT2D eigenvalue weighted by Gasteiger charge is -2.26. The Morgan fingerprint density at radius 2 is 2.13 bits per heavy atom. The van der Waals surface area contributed by atoms with Crippen molar-refractivity contribution in [3.63, 3.8) is 0 Å². The number of alkyl halides is 2. The highest BCUT2D eigenvalue weighted by molar-refractivity contribution is 5.80. The lowest BCUT2D eigenvalue weighted by atomic mass is 10.1. The van der Waals surface area contributed by atoms with Crippen LogP contribution >= 0.6 is 0 Å². The third-order valence-corrected chi connectivity index (χ3v) is 5.37. The molecule has 0 radical (unpaired) electrons. The van der Waals surface area contributed by atoms with E-state index < -0.39 is 6.61 Å². The molecule has 8 nitrogen and oxygen atoms in total. The van der Waals surface area contributed by atoms with Gasteiger partial charge in [-0.25, -0.2) is 0 Å². The van der Waals surface area contributed by atoms with Crippen molar-refractivity contribution in [3.05, 3.63) is 42.2 Å². The van der Waals surface area contributed by atoms with Gasteiger partial charge in [-0.15, -0.1) is 0 Å². The van der Waals surface area contributed by atoms with Crippen LogP contribution in [0.4, 0.5) is 14.5 Å². The molecule has 31 heavy (non-hydrogen) atoms. The Balaban J connectivity index is 1.57. The Labute approximate surface area is 181 Å². The first-order valence-electron chi connectivity index (χ1n) is 10.3. The van der Waals surface area contributed by atoms with E-state index in [1.807, 2.05) is 45.7 Å². The van der Waals surface area contributed by atoms with E-state index >= 15 is 0 Å². The molecule has 1 aliphatic rings. The Hall–Kier alpha value is -2.88. The Morgan fingerprint density at radius 3 is 2.77 bits per heavy atom. The van der Waals surface area contributed by atoms with E-state index in [2.05, 4.69) is 35.3 Å². The average Bonchev–Trinajstić information content (AvgIpc) is 3.36. The average molecular weight is 436 g/mol. The van der Waals surface area contributed by atoms with Gasteiger partial charge in [-0.3, -0.25) is 9.67 Å². The topological polar surface area (TPSA) is 70.0 Å². The van der Waals surface area contributed by atoms with Crippen LogP contribution in [-0.4, -0.2) is 74.1 Å². The summed E-state index contributed by atoms with van der Waals surface area (Å²) in [4.78, 5) is 8.54. The van der Waals surface area contributed by atoms with Gasteiger partial charge in [0.25, 0.3) is 0 Å². The molecule has 170 valence electrons. The Morgan fingerprint density at radius 1 is 1.35 bits per heavy atom. The predicted octanol–water partition coefficient (Wildman–Crippen LogP) is 2.07. The zero-order valence-corrected chi connectivity index (χ0v) is 18.4. The number of aryl methyl sites for hydroxylation is 1. The SMILES string of the molecule is CN=C(NCC(c1cnn(C)c1)N(C)C)NC1CCN(c2ccccc2OC(F)F)C1. The fourth-order valence-corrected chi connectivity index (χ4v) is 3.80. The highest BCUT2D eigenvalue weighted by Crippen LogP contribution is 2.31. The summed E-state index contributed by atoms with van der Waals surface area (Å²) in [6.45, 7) is -0.761. The Bertz CT molecular complexity index is 871. The monoisotopic (exact) mass is 435 g/mol. The molecule has 1 aliphatic heterocycles. The number of guanidine groups is 1. The van der Waals surface area contributed by atoms with E-state index in [1.54, 1.807) is 23.9 Å². The largest absolute Gasteiger partial charge is 0.433 e. The summed E-state index contributed by atoms with van der Waals surface area (Å²) >= 11 is 0. The van der Waals surface area contributed by atoms with Crippen molar-refractivity contribution >= 4 is 11.6 Å². The highest BCUT2D eigenvalue weighted by atomic mass is 19.3. The first-order chi connectivity index (χ1) is 14.9. The van der Waals surface area contributed by atoms with Crippen molar-refractivity contribution in [3.8, 4) is 5.75 Å². The van der Waals surface area contributed by atoms with Crippen LogP contribution in [0.15, 0.2) is 41.7 Å². The van der Waals surface area contributed by atoms with Crippen LogP contribution in [0.2, 0.25) is 0 Å². The number of aromatic nitrogens is 2. The van der Waals surface area contributed by atoms with Gasteiger partial charge in [-0.2, -0.15) is 13.9 Å². The Kier molecular flexibility index (Phi) is 7.67.